The van der Waals surface area contributed by atoms with Gasteiger partial charge >= 0.3 is 0 Å². The summed E-state index contributed by atoms with van der Waals surface area (Å²) in [6.07, 6.45) is 3.79. The van der Waals surface area contributed by atoms with Crippen molar-refractivity contribution in [1.29, 1.82) is 0 Å². The Hall–Kier alpha value is -0.770. The fourth-order valence-corrected chi connectivity index (χ4v) is 2.11. The molecule has 0 aromatic carbocycles. The summed E-state index contributed by atoms with van der Waals surface area (Å²) >= 11 is 0. The summed E-state index contributed by atoms with van der Waals surface area (Å²) in [7, 11) is 0. The summed E-state index contributed by atoms with van der Waals surface area (Å²) in [5.74, 6) is 1.52. The molecule has 0 amide bonds. The molecule has 2 atom stereocenters. The van der Waals surface area contributed by atoms with Crippen LogP contribution in [0, 0.1) is 5.92 Å². The predicted molar refractivity (Wildman–Crippen MR) is 60.8 cm³/mol. The third kappa shape index (κ3) is 2.84. The van der Waals surface area contributed by atoms with E-state index in [1.165, 1.54) is 19.3 Å². The van der Waals surface area contributed by atoms with Crippen LogP contribution in [0.15, 0.2) is 4.99 Å². The highest BCUT2D eigenvalue weighted by molar-refractivity contribution is 5.78. The van der Waals surface area contributed by atoms with Gasteiger partial charge in [-0.3, -0.25) is 0 Å². The van der Waals surface area contributed by atoms with E-state index >= 15 is 0 Å². The maximum absolute atomic E-state index is 5.97. The van der Waals surface area contributed by atoms with E-state index in [4.69, 9.17) is 10.5 Å². The van der Waals surface area contributed by atoms with Crippen LogP contribution in [0.2, 0.25) is 0 Å². The van der Waals surface area contributed by atoms with Gasteiger partial charge in [0, 0.05) is 13.1 Å². The molecule has 1 saturated heterocycles. The Kier molecular flexibility index (Phi) is 3.46. The molecule has 1 aliphatic carbocycles. The van der Waals surface area contributed by atoms with Crippen molar-refractivity contribution in [1.82, 2.24) is 4.90 Å². The molecule has 2 N–H and O–H groups in total. The van der Waals surface area contributed by atoms with Crippen molar-refractivity contribution < 1.29 is 4.74 Å². The maximum Gasteiger partial charge on any atom is 0.191 e. The first-order valence-corrected chi connectivity index (χ1v) is 5.97. The van der Waals surface area contributed by atoms with Crippen LogP contribution in [0.4, 0.5) is 0 Å². The molecule has 4 nitrogen and oxygen atoms in total. The Morgan fingerprint density at radius 1 is 1.47 bits per heavy atom. The van der Waals surface area contributed by atoms with Crippen molar-refractivity contribution in [2.24, 2.45) is 16.6 Å². The van der Waals surface area contributed by atoms with Crippen LogP contribution >= 0.6 is 0 Å². The van der Waals surface area contributed by atoms with Gasteiger partial charge < -0.3 is 15.4 Å². The maximum atomic E-state index is 5.97. The Labute approximate surface area is 91.5 Å². The number of nitrogens with two attached hydrogens (primary N) is 1. The quantitative estimate of drug-likeness (QED) is 0.555. The fourth-order valence-electron chi connectivity index (χ4n) is 2.11. The number of hydrogen-bond donors (Lipinski definition) is 1. The molecule has 0 spiro atoms. The van der Waals surface area contributed by atoms with Crippen LogP contribution in [0.25, 0.3) is 0 Å². The predicted octanol–water partition coefficient (Wildman–Crippen LogP) is 0.822. The SMILES string of the molecule is CCCC1CC1N=C(N)N1CCOCC1. The van der Waals surface area contributed by atoms with Crippen molar-refractivity contribution in [2.45, 2.75) is 32.2 Å². The second-order valence-electron chi connectivity index (χ2n) is 4.44. The Balaban J connectivity index is 1.79. The van der Waals surface area contributed by atoms with Gasteiger partial charge in [-0.25, -0.2) is 4.99 Å². The lowest BCUT2D eigenvalue weighted by atomic mass is 10.2. The van der Waals surface area contributed by atoms with E-state index in [2.05, 4.69) is 16.8 Å². The van der Waals surface area contributed by atoms with Crippen LogP contribution in [0.5, 0.6) is 0 Å². The summed E-state index contributed by atoms with van der Waals surface area (Å²) in [6, 6.07) is 0.507. The highest BCUT2D eigenvalue weighted by Crippen LogP contribution is 2.37. The van der Waals surface area contributed by atoms with E-state index in [-0.39, 0.29) is 0 Å². The number of rotatable bonds is 3. The molecule has 0 aromatic heterocycles. The van der Waals surface area contributed by atoms with Gasteiger partial charge in [0.05, 0.1) is 19.3 Å². The molecular weight excluding hydrogens is 190 g/mol. The standard InChI is InChI=1S/C11H21N3O/c1-2-3-9-8-10(9)13-11(12)14-4-6-15-7-5-14/h9-10H,2-8H2,1H3,(H2,12,13). The summed E-state index contributed by atoms with van der Waals surface area (Å²) in [5, 5.41) is 0. The summed E-state index contributed by atoms with van der Waals surface area (Å²) in [6.45, 7) is 5.56. The molecule has 2 fully saturated rings. The van der Waals surface area contributed by atoms with Crippen molar-refractivity contribution in [3.05, 3.63) is 0 Å². The molecule has 86 valence electrons. The lowest BCUT2D eigenvalue weighted by molar-refractivity contribution is 0.0674. The average molecular weight is 211 g/mol. The lowest BCUT2D eigenvalue weighted by Crippen LogP contribution is -2.45. The number of morpholine rings is 1. The fraction of sp³-hybridized carbons (Fsp3) is 0.909. The first kappa shape index (κ1) is 10.7. The minimum Gasteiger partial charge on any atom is -0.378 e. The van der Waals surface area contributed by atoms with E-state index in [1.54, 1.807) is 0 Å². The van der Waals surface area contributed by atoms with Crippen molar-refractivity contribution >= 4 is 5.96 Å². The number of ether oxygens (including phenoxy) is 1. The summed E-state index contributed by atoms with van der Waals surface area (Å²) in [5.41, 5.74) is 5.97. The summed E-state index contributed by atoms with van der Waals surface area (Å²) in [4.78, 5) is 6.71. The molecule has 1 heterocycles. The van der Waals surface area contributed by atoms with E-state index < -0.39 is 0 Å². The topological polar surface area (TPSA) is 50.8 Å². The zero-order valence-electron chi connectivity index (χ0n) is 9.48. The van der Waals surface area contributed by atoms with E-state index in [1.807, 2.05) is 0 Å². The monoisotopic (exact) mass is 211 g/mol. The number of hydrogen-bond acceptors (Lipinski definition) is 2. The molecule has 0 radical (unpaired) electrons. The molecule has 2 rings (SSSR count). The molecule has 4 heteroatoms. The first-order chi connectivity index (χ1) is 7.31. The minimum absolute atomic E-state index is 0.507. The molecule has 0 aromatic rings. The van der Waals surface area contributed by atoms with Gasteiger partial charge in [0.15, 0.2) is 5.96 Å². The highest BCUT2D eigenvalue weighted by atomic mass is 16.5. The Morgan fingerprint density at radius 3 is 2.87 bits per heavy atom. The first-order valence-electron chi connectivity index (χ1n) is 5.97. The third-order valence-corrected chi connectivity index (χ3v) is 3.18. The van der Waals surface area contributed by atoms with Crippen molar-refractivity contribution in [2.75, 3.05) is 26.3 Å². The third-order valence-electron chi connectivity index (χ3n) is 3.18. The van der Waals surface area contributed by atoms with Gasteiger partial charge in [0.2, 0.25) is 0 Å². The van der Waals surface area contributed by atoms with E-state index in [9.17, 15) is 0 Å². The largest absolute Gasteiger partial charge is 0.378 e. The van der Waals surface area contributed by atoms with Crippen LogP contribution < -0.4 is 5.73 Å². The Morgan fingerprint density at radius 2 is 2.20 bits per heavy atom. The average Bonchev–Trinajstić information content (AvgIpc) is 2.98. The molecular formula is C11H21N3O. The minimum atomic E-state index is 0.507. The van der Waals surface area contributed by atoms with Gasteiger partial charge in [-0.2, -0.15) is 0 Å². The van der Waals surface area contributed by atoms with Crippen molar-refractivity contribution in [3.63, 3.8) is 0 Å². The second-order valence-corrected chi connectivity index (χ2v) is 4.44. The van der Waals surface area contributed by atoms with Crippen LogP contribution in [-0.4, -0.2) is 43.2 Å². The smallest absolute Gasteiger partial charge is 0.191 e. The molecule has 2 aliphatic rings. The number of nitrogens with zero attached hydrogens (tertiary/aromatic N) is 2. The van der Waals surface area contributed by atoms with E-state index in [0.29, 0.717) is 6.04 Å². The van der Waals surface area contributed by atoms with E-state index in [0.717, 1.165) is 38.2 Å². The van der Waals surface area contributed by atoms with Gasteiger partial charge in [-0.05, 0) is 18.8 Å². The molecule has 2 unspecified atom stereocenters. The molecule has 1 saturated carbocycles. The number of aliphatic imine (C=N–C) groups is 1. The molecule has 15 heavy (non-hydrogen) atoms. The van der Waals surface area contributed by atoms with Crippen LogP contribution in [-0.2, 0) is 4.74 Å². The number of guanidine groups is 1. The van der Waals surface area contributed by atoms with Gasteiger partial charge in [0.25, 0.3) is 0 Å². The molecule has 0 bridgehead atoms. The van der Waals surface area contributed by atoms with Crippen molar-refractivity contribution in [3.8, 4) is 0 Å². The lowest BCUT2D eigenvalue weighted by Gasteiger charge is -2.27. The zero-order chi connectivity index (χ0) is 10.7. The zero-order valence-corrected chi connectivity index (χ0v) is 9.48. The van der Waals surface area contributed by atoms with Gasteiger partial charge in [0.1, 0.15) is 0 Å². The molecule has 1 aliphatic heterocycles. The highest BCUT2D eigenvalue weighted by Gasteiger charge is 2.36. The summed E-state index contributed by atoms with van der Waals surface area (Å²) < 4.78 is 5.28. The Bertz CT molecular complexity index is 236. The van der Waals surface area contributed by atoms with Gasteiger partial charge in [-0.1, -0.05) is 13.3 Å². The van der Waals surface area contributed by atoms with Crippen LogP contribution in [0.3, 0.4) is 0 Å². The van der Waals surface area contributed by atoms with Crippen LogP contribution in [0.1, 0.15) is 26.2 Å². The normalized spacial score (nSPS) is 31.8. The second kappa shape index (κ2) is 4.84. The van der Waals surface area contributed by atoms with Gasteiger partial charge in [-0.15, -0.1) is 0 Å².